The summed E-state index contributed by atoms with van der Waals surface area (Å²) in [7, 11) is -3.89. The van der Waals surface area contributed by atoms with Crippen LogP contribution < -0.4 is 4.72 Å². The second kappa shape index (κ2) is 6.56. The van der Waals surface area contributed by atoms with Crippen molar-refractivity contribution in [1.82, 2.24) is 4.72 Å². The number of hydrogen-bond donors (Lipinski definition) is 1. The topological polar surface area (TPSA) is 72.5 Å². The van der Waals surface area contributed by atoms with Gasteiger partial charge in [-0.1, -0.05) is 23.2 Å². The van der Waals surface area contributed by atoms with E-state index in [0.717, 1.165) is 0 Å². The molecule has 0 aromatic heterocycles. The molecule has 19 heavy (non-hydrogen) atoms. The first kappa shape index (κ1) is 16.2. The number of rotatable bonds is 5. The van der Waals surface area contributed by atoms with E-state index in [-0.39, 0.29) is 16.5 Å². The monoisotopic (exact) mass is 325 g/mol. The molecule has 0 heterocycles. The summed E-state index contributed by atoms with van der Waals surface area (Å²) in [5.74, 6) is -0.659. The number of hydrogen-bond acceptors (Lipinski definition) is 4. The molecular formula is C11H13Cl2NO4S. The van der Waals surface area contributed by atoms with Gasteiger partial charge >= 0.3 is 5.97 Å². The Kier molecular flexibility index (Phi) is 5.61. The summed E-state index contributed by atoms with van der Waals surface area (Å²) in [5, 5.41) is 0.362. The molecule has 0 amide bonds. The number of halogens is 2. The number of aryl methyl sites for hydroxylation is 1. The summed E-state index contributed by atoms with van der Waals surface area (Å²) in [6.45, 7) is 3.02. The standard InChI is InChI=1S/C11H13Cl2NO4S/c1-3-18-11(15)6-14-19(16,17)10-4-7(2)8(12)5-9(10)13/h4-5,14H,3,6H2,1-2H3. The normalized spacial score (nSPS) is 11.4. The second-order valence-electron chi connectivity index (χ2n) is 3.66. The molecule has 1 N–H and O–H groups in total. The molecule has 1 aromatic rings. The summed E-state index contributed by atoms with van der Waals surface area (Å²) in [6.07, 6.45) is 0. The Bertz CT molecular complexity index is 587. The summed E-state index contributed by atoms with van der Waals surface area (Å²) >= 11 is 11.7. The maximum atomic E-state index is 12.0. The van der Waals surface area contributed by atoms with Crippen molar-refractivity contribution in [3.8, 4) is 0 Å². The highest BCUT2D eigenvalue weighted by Gasteiger charge is 2.20. The van der Waals surface area contributed by atoms with Crippen LogP contribution in [0.2, 0.25) is 10.0 Å². The molecule has 0 aliphatic carbocycles. The predicted octanol–water partition coefficient (Wildman–Crippen LogP) is 2.14. The molecule has 0 atom stereocenters. The quantitative estimate of drug-likeness (QED) is 0.842. The van der Waals surface area contributed by atoms with Gasteiger partial charge < -0.3 is 4.74 Å². The predicted molar refractivity (Wildman–Crippen MR) is 73.0 cm³/mol. The van der Waals surface area contributed by atoms with Crippen LogP contribution in [0.25, 0.3) is 0 Å². The van der Waals surface area contributed by atoms with Crippen molar-refractivity contribution in [2.45, 2.75) is 18.7 Å². The number of esters is 1. The molecule has 0 bridgehead atoms. The van der Waals surface area contributed by atoms with Crippen molar-refractivity contribution in [2.24, 2.45) is 0 Å². The van der Waals surface area contributed by atoms with Crippen LogP contribution in [0.4, 0.5) is 0 Å². The summed E-state index contributed by atoms with van der Waals surface area (Å²) < 4.78 is 30.7. The van der Waals surface area contributed by atoms with E-state index in [4.69, 9.17) is 23.2 Å². The Morgan fingerprint density at radius 3 is 2.53 bits per heavy atom. The average molecular weight is 326 g/mol. The molecule has 1 aromatic carbocycles. The van der Waals surface area contributed by atoms with Crippen LogP contribution in [0.1, 0.15) is 12.5 Å². The number of benzene rings is 1. The number of carbonyl (C=O) groups is 1. The van der Waals surface area contributed by atoms with Crippen molar-refractivity contribution in [3.63, 3.8) is 0 Å². The third-order valence-electron chi connectivity index (χ3n) is 2.21. The third kappa shape index (κ3) is 4.35. The molecule has 8 heteroatoms. The van der Waals surface area contributed by atoms with Gasteiger partial charge in [0.2, 0.25) is 10.0 Å². The Morgan fingerprint density at radius 1 is 1.32 bits per heavy atom. The van der Waals surface area contributed by atoms with E-state index < -0.39 is 22.5 Å². The van der Waals surface area contributed by atoms with E-state index in [1.165, 1.54) is 12.1 Å². The van der Waals surface area contributed by atoms with Gasteiger partial charge in [-0.3, -0.25) is 4.79 Å². The molecule has 106 valence electrons. The molecule has 0 fully saturated rings. The van der Waals surface area contributed by atoms with Crippen LogP contribution in [0, 0.1) is 6.92 Å². The zero-order chi connectivity index (χ0) is 14.6. The lowest BCUT2D eigenvalue weighted by Crippen LogP contribution is -2.31. The molecule has 5 nitrogen and oxygen atoms in total. The minimum Gasteiger partial charge on any atom is -0.465 e. The Hall–Kier alpha value is -0.820. The first-order chi connectivity index (χ1) is 8.77. The van der Waals surface area contributed by atoms with E-state index in [1.54, 1.807) is 13.8 Å². The molecule has 0 unspecified atom stereocenters. The van der Waals surface area contributed by atoms with Gasteiger partial charge in [-0.05, 0) is 31.5 Å². The molecule has 0 aliphatic heterocycles. The fourth-order valence-corrected chi connectivity index (χ4v) is 3.08. The lowest BCUT2D eigenvalue weighted by atomic mass is 10.2. The van der Waals surface area contributed by atoms with E-state index in [1.807, 2.05) is 0 Å². The Labute approximate surface area is 121 Å². The lowest BCUT2D eigenvalue weighted by Gasteiger charge is -2.09. The van der Waals surface area contributed by atoms with Crippen LogP contribution in [-0.2, 0) is 19.6 Å². The first-order valence-corrected chi connectivity index (χ1v) is 7.62. The smallest absolute Gasteiger partial charge is 0.321 e. The summed E-state index contributed by atoms with van der Waals surface area (Å²) in [6, 6.07) is 2.69. The maximum Gasteiger partial charge on any atom is 0.321 e. The highest BCUT2D eigenvalue weighted by atomic mass is 35.5. The fourth-order valence-electron chi connectivity index (χ4n) is 1.28. The third-order valence-corrected chi connectivity index (χ3v) is 4.49. The zero-order valence-electron chi connectivity index (χ0n) is 10.4. The molecular weight excluding hydrogens is 313 g/mol. The largest absolute Gasteiger partial charge is 0.465 e. The minimum atomic E-state index is -3.89. The van der Waals surface area contributed by atoms with Crippen molar-refractivity contribution >= 4 is 39.2 Å². The number of sulfonamides is 1. The highest BCUT2D eigenvalue weighted by molar-refractivity contribution is 7.89. The molecule has 0 spiro atoms. The summed E-state index contributed by atoms with van der Waals surface area (Å²) in [4.78, 5) is 11.0. The van der Waals surface area contributed by atoms with Gasteiger partial charge in [-0.25, -0.2) is 8.42 Å². The van der Waals surface area contributed by atoms with Crippen LogP contribution in [0.15, 0.2) is 17.0 Å². The molecule has 1 rings (SSSR count). The molecule has 0 saturated carbocycles. The highest BCUT2D eigenvalue weighted by Crippen LogP contribution is 2.27. The van der Waals surface area contributed by atoms with Gasteiger partial charge in [-0.2, -0.15) is 4.72 Å². The van der Waals surface area contributed by atoms with Gasteiger partial charge in [0.05, 0.1) is 11.6 Å². The van der Waals surface area contributed by atoms with Gasteiger partial charge in [0.1, 0.15) is 11.4 Å². The van der Waals surface area contributed by atoms with Crippen LogP contribution in [0.5, 0.6) is 0 Å². The van der Waals surface area contributed by atoms with E-state index in [2.05, 4.69) is 9.46 Å². The molecule has 0 radical (unpaired) electrons. The van der Waals surface area contributed by atoms with Crippen LogP contribution in [-0.4, -0.2) is 27.5 Å². The fraction of sp³-hybridized carbons (Fsp3) is 0.364. The zero-order valence-corrected chi connectivity index (χ0v) is 12.7. The van der Waals surface area contributed by atoms with Crippen LogP contribution in [0.3, 0.4) is 0 Å². The van der Waals surface area contributed by atoms with Crippen molar-refractivity contribution in [1.29, 1.82) is 0 Å². The first-order valence-electron chi connectivity index (χ1n) is 5.39. The lowest BCUT2D eigenvalue weighted by molar-refractivity contribution is -0.141. The Morgan fingerprint density at radius 2 is 1.95 bits per heavy atom. The van der Waals surface area contributed by atoms with Crippen LogP contribution >= 0.6 is 23.2 Å². The minimum absolute atomic E-state index is 0.00745. The van der Waals surface area contributed by atoms with E-state index >= 15 is 0 Å². The molecule has 0 aliphatic rings. The number of nitrogens with one attached hydrogen (secondary N) is 1. The van der Waals surface area contributed by atoms with Gasteiger partial charge in [0.25, 0.3) is 0 Å². The number of carbonyl (C=O) groups excluding carboxylic acids is 1. The van der Waals surface area contributed by atoms with Gasteiger partial charge in [0, 0.05) is 5.02 Å². The van der Waals surface area contributed by atoms with Crippen molar-refractivity contribution in [2.75, 3.05) is 13.2 Å². The number of ether oxygens (including phenoxy) is 1. The Balaban J connectivity index is 2.95. The van der Waals surface area contributed by atoms with Crippen molar-refractivity contribution < 1.29 is 17.9 Å². The van der Waals surface area contributed by atoms with Gasteiger partial charge in [0.15, 0.2) is 0 Å². The van der Waals surface area contributed by atoms with E-state index in [0.29, 0.717) is 10.6 Å². The average Bonchev–Trinajstić information content (AvgIpc) is 2.31. The second-order valence-corrected chi connectivity index (χ2v) is 6.21. The maximum absolute atomic E-state index is 12.0. The molecule has 0 saturated heterocycles. The van der Waals surface area contributed by atoms with Crippen molar-refractivity contribution in [3.05, 3.63) is 27.7 Å². The van der Waals surface area contributed by atoms with E-state index in [9.17, 15) is 13.2 Å². The SMILES string of the molecule is CCOC(=O)CNS(=O)(=O)c1cc(C)c(Cl)cc1Cl. The van der Waals surface area contributed by atoms with Gasteiger partial charge in [-0.15, -0.1) is 0 Å². The summed E-state index contributed by atoms with van der Waals surface area (Å²) in [5.41, 5.74) is 0.572.